The van der Waals surface area contributed by atoms with Gasteiger partial charge in [0.05, 0.1) is 6.04 Å². The van der Waals surface area contributed by atoms with Crippen LogP contribution in [0, 0.1) is 12.7 Å². The van der Waals surface area contributed by atoms with E-state index >= 15 is 0 Å². The maximum atomic E-state index is 13.3. The molecular weight excluding hydrogens is 249 g/mol. The summed E-state index contributed by atoms with van der Waals surface area (Å²) in [4.78, 5) is 2.32. The first-order valence-electron chi connectivity index (χ1n) is 6.13. The van der Waals surface area contributed by atoms with E-state index in [0.29, 0.717) is 11.6 Å². The van der Waals surface area contributed by atoms with Crippen LogP contribution in [0.4, 0.5) is 4.39 Å². The molecule has 18 heavy (non-hydrogen) atoms. The van der Waals surface area contributed by atoms with Crippen molar-refractivity contribution in [2.45, 2.75) is 19.0 Å². The normalized spacial score (nSPS) is 23.0. The van der Waals surface area contributed by atoms with E-state index in [-0.39, 0.29) is 11.9 Å². The fourth-order valence-electron chi connectivity index (χ4n) is 2.35. The van der Waals surface area contributed by atoms with Gasteiger partial charge in [-0.05, 0) is 31.2 Å². The molecule has 1 aromatic rings. The van der Waals surface area contributed by atoms with Crippen LogP contribution in [0.15, 0.2) is 18.2 Å². The van der Waals surface area contributed by atoms with Gasteiger partial charge in [-0.15, -0.1) is 0 Å². The van der Waals surface area contributed by atoms with E-state index in [2.05, 4.69) is 17.4 Å². The van der Waals surface area contributed by atoms with Gasteiger partial charge in [-0.2, -0.15) is 11.8 Å². The highest BCUT2D eigenvalue weighted by molar-refractivity contribution is 7.99. The highest BCUT2D eigenvalue weighted by Gasteiger charge is 2.28. The molecular formula is C13H20FN3S. The average Bonchev–Trinajstić information content (AvgIpc) is 2.37. The summed E-state index contributed by atoms with van der Waals surface area (Å²) in [5, 5.41) is 0. The SMILES string of the molecule is Cc1cc(C(NN)C2CSCCN2C)ccc1F. The summed E-state index contributed by atoms with van der Waals surface area (Å²) in [6, 6.07) is 5.61. The van der Waals surface area contributed by atoms with Crippen LogP contribution in [0.2, 0.25) is 0 Å². The molecule has 0 spiro atoms. The molecule has 2 rings (SSSR count). The van der Waals surface area contributed by atoms with E-state index in [9.17, 15) is 4.39 Å². The largest absolute Gasteiger partial charge is 0.300 e. The van der Waals surface area contributed by atoms with Gasteiger partial charge in [0, 0.05) is 24.1 Å². The number of rotatable bonds is 3. The zero-order valence-corrected chi connectivity index (χ0v) is 11.6. The van der Waals surface area contributed by atoms with Gasteiger partial charge in [-0.1, -0.05) is 12.1 Å². The zero-order chi connectivity index (χ0) is 13.1. The Morgan fingerprint density at radius 2 is 2.33 bits per heavy atom. The maximum absolute atomic E-state index is 13.3. The third-order valence-electron chi connectivity index (χ3n) is 3.55. The number of hydrogen-bond donors (Lipinski definition) is 2. The van der Waals surface area contributed by atoms with Crippen LogP contribution in [0.3, 0.4) is 0 Å². The van der Waals surface area contributed by atoms with Crippen molar-refractivity contribution >= 4 is 11.8 Å². The molecule has 0 aliphatic carbocycles. The molecule has 3 nitrogen and oxygen atoms in total. The smallest absolute Gasteiger partial charge is 0.126 e. The van der Waals surface area contributed by atoms with E-state index < -0.39 is 0 Å². The van der Waals surface area contributed by atoms with Gasteiger partial charge >= 0.3 is 0 Å². The fourth-order valence-corrected chi connectivity index (χ4v) is 3.62. The lowest BCUT2D eigenvalue weighted by Crippen LogP contribution is -2.49. The second-order valence-electron chi connectivity index (χ2n) is 4.78. The summed E-state index contributed by atoms with van der Waals surface area (Å²) in [5.41, 5.74) is 4.60. The summed E-state index contributed by atoms with van der Waals surface area (Å²) in [5.74, 6) is 7.74. The van der Waals surface area contributed by atoms with E-state index in [0.717, 1.165) is 23.6 Å². The highest BCUT2D eigenvalue weighted by Crippen LogP contribution is 2.27. The molecule has 1 saturated heterocycles. The molecule has 1 fully saturated rings. The van der Waals surface area contributed by atoms with Crippen molar-refractivity contribution in [1.29, 1.82) is 0 Å². The lowest BCUT2D eigenvalue weighted by molar-refractivity contribution is 0.216. The summed E-state index contributed by atoms with van der Waals surface area (Å²) < 4.78 is 13.3. The molecule has 2 unspecified atom stereocenters. The minimum atomic E-state index is -0.166. The maximum Gasteiger partial charge on any atom is 0.126 e. The number of hydrogen-bond acceptors (Lipinski definition) is 4. The molecule has 0 radical (unpaired) electrons. The number of halogens is 1. The number of nitrogens with one attached hydrogen (secondary N) is 1. The Labute approximate surface area is 112 Å². The number of thioether (sulfide) groups is 1. The van der Waals surface area contributed by atoms with Crippen molar-refractivity contribution in [1.82, 2.24) is 10.3 Å². The topological polar surface area (TPSA) is 41.3 Å². The Balaban J connectivity index is 2.23. The Bertz CT molecular complexity index is 413. The van der Waals surface area contributed by atoms with Crippen molar-refractivity contribution < 1.29 is 4.39 Å². The first kappa shape index (κ1) is 13.8. The molecule has 100 valence electrons. The Morgan fingerprint density at radius 3 is 2.94 bits per heavy atom. The number of nitrogens with zero attached hydrogens (tertiary/aromatic N) is 1. The van der Waals surface area contributed by atoms with Gasteiger partial charge in [-0.25, -0.2) is 4.39 Å². The van der Waals surface area contributed by atoms with Crippen LogP contribution < -0.4 is 11.3 Å². The lowest BCUT2D eigenvalue weighted by atomic mass is 9.98. The molecule has 1 aliphatic heterocycles. The highest BCUT2D eigenvalue weighted by atomic mass is 32.2. The number of hydrazine groups is 1. The predicted molar refractivity (Wildman–Crippen MR) is 74.9 cm³/mol. The first-order valence-corrected chi connectivity index (χ1v) is 7.29. The molecule has 0 bridgehead atoms. The lowest BCUT2D eigenvalue weighted by Gasteiger charge is -2.37. The first-order chi connectivity index (χ1) is 8.63. The molecule has 2 atom stereocenters. The Hall–Kier alpha value is -0.620. The van der Waals surface area contributed by atoms with Gasteiger partial charge in [-0.3, -0.25) is 16.2 Å². The number of nitrogens with two attached hydrogens (primary N) is 1. The minimum absolute atomic E-state index is 0.0436. The van der Waals surface area contributed by atoms with Crippen molar-refractivity contribution in [3.8, 4) is 0 Å². The molecule has 1 heterocycles. The Morgan fingerprint density at radius 1 is 1.56 bits per heavy atom. The second-order valence-corrected chi connectivity index (χ2v) is 5.93. The van der Waals surface area contributed by atoms with Gasteiger partial charge in [0.15, 0.2) is 0 Å². The monoisotopic (exact) mass is 269 g/mol. The molecule has 0 saturated carbocycles. The van der Waals surface area contributed by atoms with Gasteiger partial charge < -0.3 is 0 Å². The zero-order valence-electron chi connectivity index (χ0n) is 10.8. The molecule has 0 aromatic heterocycles. The van der Waals surface area contributed by atoms with E-state index in [4.69, 9.17) is 5.84 Å². The molecule has 3 N–H and O–H groups in total. The van der Waals surface area contributed by atoms with Crippen LogP contribution in [0.25, 0.3) is 0 Å². The van der Waals surface area contributed by atoms with Crippen molar-refractivity contribution in [3.05, 3.63) is 35.1 Å². The number of likely N-dealkylation sites (N-methyl/N-ethyl adjacent to an activating group) is 1. The van der Waals surface area contributed by atoms with Crippen LogP contribution in [-0.2, 0) is 0 Å². The Kier molecular flexibility index (Phi) is 4.61. The third kappa shape index (κ3) is 2.85. The standard InChI is InChI=1S/C13H20FN3S/c1-9-7-10(3-4-11(9)14)13(16-15)12-8-18-6-5-17(12)2/h3-4,7,12-13,16H,5-6,8,15H2,1-2H3. The third-order valence-corrected chi connectivity index (χ3v) is 4.60. The van der Waals surface area contributed by atoms with Crippen molar-refractivity contribution in [2.75, 3.05) is 25.1 Å². The van der Waals surface area contributed by atoms with Crippen molar-refractivity contribution in [2.24, 2.45) is 5.84 Å². The fraction of sp³-hybridized carbons (Fsp3) is 0.538. The van der Waals surface area contributed by atoms with Gasteiger partial charge in [0.2, 0.25) is 0 Å². The molecule has 0 amide bonds. The summed E-state index contributed by atoms with van der Waals surface area (Å²) >= 11 is 1.94. The molecule has 1 aliphatic rings. The van der Waals surface area contributed by atoms with Gasteiger partial charge in [0.25, 0.3) is 0 Å². The summed E-state index contributed by atoms with van der Waals surface area (Å²) in [6.45, 7) is 2.85. The van der Waals surface area contributed by atoms with Gasteiger partial charge in [0.1, 0.15) is 5.82 Å². The van der Waals surface area contributed by atoms with Crippen LogP contribution in [-0.4, -0.2) is 36.0 Å². The van der Waals surface area contributed by atoms with E-state index in [1.54, 1.807) is 6.92 Å². The second kappa shape index (κ2) is 6.02. The summed E-state index contributed by atoms with van der Waals surface area (Å²) in [6.07, 6.45) is 0. The number of aryl methyl sites for hydroxylation is 1. The predicted octanol–water partition coefficient (Wildman–Crippen LogP) is 1.69. The number of benzene rings is 1. The molecule has 5 heteroatoms. The molecule has 1 aromatic carbocycles. The van der Waals surface area contributed by atoms with Crippen LogP contribution in [0.1, 0.15) is 17.2 Å². The average molecular weight is 269 g/mol. The van der Waals surface area contributed by atoms with E-state index in [1.165, 1.54) is 6.07 Å². The van der Waals surface area contributed by atoms with Crippen molar-refractivity contribution in [3.63, 3.8) is 0 Å². The van der Waals surface area contributed by atoms with Crippen LogP contribution in [0.5, 0.6) is 0 Å². The minimum Gasteiger partial charge on any atom is -0.300 e. The van der Waals surface area contributed by atoms with Crippen LogP contribution >= 0.6 is 11.8 Å². The quantitative estimate of drug-likeness (QED) is 0.647. The summed E-state index contributed by atoms with van der Waals surface area (Å²) in [7, 11) is 2.12. The van der Waals surface area contributed by atoms with E-state index in [1.807, 2.05) is 23.9 Å².